The van der Waals surface area contributed by atoms with Crippen molar-refractivity contribution in [1.82, 2.24) is 9.47 Å². The molecule has 1 amide bonds. The molecule has 0 atom stereocenters. The van der Waals surface area contributed by atoms with Crippen LogP contribution in [-0.4, -0.2) is 27.7 Å². The minimum absolute atomic E-state index is 0.310. The standard InChI is InChI=1S/C19H20IN3O2/c1-19(2,3)25-18(24)22-9-10-23-15(12-22)16(20)14(11-21)17(23)13-7-5-4-6-8-13/h4-8H,9-10,12H2,1-3H3. The quantitative estimate of drug-likeness (QED) is 0.608. The molecule has 1 aromatic carbocycles. The van der Waals surface area contributed by atoms with Crippen LogP contribution in [-0.2, 0) is 17.8 Å². The predicted molar refractivity (Wildman–Crippen MR) is 104 cm³/mol. The summed E-state index contributed by atoms with van der Waals surface area (Å²) < 4.78 is 8.56. The minimum atomic E-state index is -0.517. The third kappa shape index (κ3) is 3.52. The number of halogens is 1. The first-order valence-electron chi connectivity index (χ1n) is 8.16. The molecule has 1 aromatic heterocycles. The Hall–Kier alpha value is -2.01. The van der Waals surface area contributed by atoms with Crippen molar-refractivity contribution in [2.24, 2.45) is 0 Å². The lowest BCUT2D eigenvalue weighted by Crippen LogP contribution is -2.41. The second-order valence-corrected chi connectivity index (χ2v) is 8.09. The maximum absolute atomic E-state index is 12.4. The lowest BCUT2D eigenvalue weighted by Gasteiger charge is -2.31. The highest BCUT2D eigenvalue weighted by Gasteiger charge is 2.31. The molecule has 25 heavy (non-hydrogen) atoms. The van der Waals surface area contributed by atoms with Gasteiger partial charge in [0.15, 0.2) is 0 Å². The molecule has 0 saturated carbocycles. The molecule has 1 aliphatic heterocycles. The third-order valence-corrected chi connectivity index (χ3v) is 5.21. The van der Waals surface area contributed by atoms with Gasteiger partial charge in [-0.25, -0.2) is 4.79 Å². The number of carbonyl (C=O) groups is 1. The molecule has 2 aromatic rings. The van der Waals surface area contributed by atoms with Crippen LogP contribution >= 0.6 is 22.6 Å². The molecule has 0 bridgehead atoms. The number of benzene rings is 1. The maximum atomic E-state index is 12.4. The summed E-state index contributed by atoms with van der Waals surface area (Å²) in [6.07, 6.45) is -0.310. The van der Waals surface area contributed by atoms with Gasteiger partial charge in [0.1, 0.15) is 11.7 Å². The van der Waals surface area contributed by atoms with Crippen molar-refractivity contribution in [1.29, 1.82) is 5.26 Å². The summed E-state index contributed by atoms with van der Waals surface area (Å²) in [6, 6.07) is 12.3. The summed E-state index contributed by atoms with van der Waals surface area (Å²) in [6.45, 7) is 7.26. The van der Waals surface area contributed by atoms with Crippen molar-refractivity contribution < 1.29 is 9.53 Å². The van der Waals surface area contributed by atoms with Crippen LogP contribution in [0.1, 0.15) is 32.0 Å². The average Bonchev–Trinajstić information content (AvgIpc) is 2.85. The van der Waals surface area contributed by atoms with Gasteiger partial charge in [-0.05, 0) is 48.9 Å². The Bertz CT molecular complexity index is 844. The van der Waals surface area contributed by atoms with Crippen molar-refractivity contribution in [2.45, 2.75) is 39.5 Å². The Kier molecular flexibility index (Phi) is 4.78. The van der Waals surface area contributed by atoms with Crippen molar-refractivity contribution >= 4 is 28.7 Å². The van der Waals surface area contributed by atoms with E-state index in [2.05, 4.69) is 33.2 Å². The molecular formula is C19H20IN3O2. The first-order chi connectivity index (χ1) is 11.8. The van der Waals surface area contributed by atoms with E-state index in [0.717, 1.165) is 20.5 Å². The van der Waals surface area contributed by atoms with Crippen molar-refractivity contribution in [3.05, 3.63) is 45.2 Å². The number of aromatic nitrogens is 1. The summed E-state index contributed by atoms with van der Waals surface area (Å²) in [5.74, 6) is 0. The Balaban J connectivity index is 1.98. The summed E-state index contributed by atoms with van der Waals surface area (Å²) >= 11 is 2.21. The molecule has 0 unspecified atom stereocenters. The molecule has 2 heterocycles. The van der Waals surface area contributed by atoms with E-state index in [1.807, 2.05) is 51.1 Å². The van der Waals surface area contributed by atoms with Crippen molar-refractivity contribution in [2.75, 3.05) is 6.54 Å². The van der Waals surface area contributed by atoms with Gasteiger partial charge in [-0.1, -0.05) is 30.3 Å². The summed E-state index contributed by atoms with van der Waals surface area (Å²) in [5.41, 5.74) is 3.11. The molecule has 3 rings (SSSR count). The zero-order valence-electron chi connectivity index (χ0n) is 14.5. The molecular weight excluding hydrogens is 429 g/mol. The van der Waals surface area contributed by atoms with E-state index in [-0.39, 0.29) is 6.09 Å². The molecule has 0 spiro atoms. The third-order valence-electron chi connectivity index (χ3n) is 4.05. The monoisotopic (exact) mass is 449 g/mol. The number of nitrogens with zero attached hydrogens (tertiary/aromatic N) is 3. The Morgan fingerprint density at radius 3 is 2.52 bits per heavy atom. The van der Waals surface area contributed by atoms with Gasteiger partial charge >= 0.3 is 6.09 Å². The molecule has 0 radical (unpaired) electrons. The van der Waals surface area contributed by atoms with E-state index in [1.54, 1.807) is 4.90 Å². The summed E-state index contributed by atoms with van der Waals surface area (Å²) in [7, 11) is 0. The predicted octanol–water partition coefficient (Wildman–Crippen LogP) is 4.38. The van der Waals surface area contributed by atoms with Gasteiger partial charge in [0, 0.05) is 13.1 Å². The van der Waals surface area contributed by atoms with Crippen LogP contribution in [0, 0.1) is 14.9 Å². The van der Waals surface area contributed by atoms with Crippen LogP contribution in [0.15, 0.2) is 30.3 Å². The minimum Gasteiger partial charge on any atom is -0.444 e. The second-order valence-electron chi connectivity index (χ2n) is 7.02. The van der Waals surface area contributed by atoms with E-state index >= 15 is 0 Å². The second kappa shape index (κ2) is 6.71. The van der Waals surface area contributed by atoms with E-state index in [0.29, 0.717) is 25.2 Å². The van der Waals surface area contributed by atoms with E-state index in [1.165, 1.54) is 0 Å². The summed E-state index contributed by atoms with van der Waals surface area (Å²) in [5, 5.41) is 9.66. The van der Waals surface area contributed by atoms with Gasteiger partial charge in [0.25, 0.3) is 0 Å². The van der Waals surface area contributed by atoms with Gasteiger partial charge < -0.3 is 14.2 Å². The highest BCUT2D eigenvalue weighted by atomic mass is 127. The molecule has 1 aliphatic rings. The van der Waals surface area contributed by atoms with Crippen LogP contribution < -0.4 is 0 Å². The van der Waals surface area contributed by atoms with Crippen LogP contribution in [0.3, 0.4) is 0 Å². The number of carbonyl (C=O) groups excluding carboxylic acids is 1. The molecule has 6 heteroatoms. The maximum Gasteiger partial charge on any atom is 0.410 e. The fourth-order valence-corrected chi connectivity index (χ4v) is 3.84. The highest BCUT2D eigenvalue weighted by Crippen LogP contribution is 2.35. The lowest BCUT2D eigenvalue weighted by atomic mass is 10.1. The number of hydrogen-bond acceptors (Lipinski definition) is 3. The zero-order valence-corrected chi connectivity index (χ0v) is 16.7. The van der Waals surface area contributed by atoms with Gasteiger partial charge in [-0.3, -0.25) is 0 Å². The smallest absolute Gasteiger partial charge is 0.410 e. The zero-order chi connectivity index (χ0) is 18.2. The number of amides is 1. The number of rotatable bonds is 1. The van der Waals surface area contributed by atoms with Gasteiger partial charge in [-0.2, -0.15) is 5.26 Å². The molecule has 0 saturated heterocycles. The van der Waals surface area contributed by atoms with Crippen molar-refractivity contribution in [3.8, 4) is 17.3 Å². The molecule has 0 fully saturated rings. The Morgan fingerprint density at radius 1 is 1.24 bits per heavy atom. The average molecular weight is 449 g/mol. The normalized spacial score (nSPS) is 14.0. The van der Waals surface area contributed by atoms with Crippen LogP contribution in [0.4, 0.5) is 4.79 Å². The van der Waals surface area contributed by atoms with E-state index < -0.39 is 5.60 Å². The molecule has 0 aliphatic carbocycles. The van der Waals surface area contributed by atoms with Crippen LogP contribution in [0.2, 0.25) is 0 Å². The van der Waals surface area contributed by atoms with Crippen LogP contribution in [0.5, 0.6) is 0 Å². The van der Waals surface area contributed by atoms with Gasteiger partial charge in [0.05, 0.1) is 27.1 Å². The topological polar surface area (TPSA) is 58.3 Å². The Morgan fingerprint density at radius 2 is 1.92 bits per heavy atom. The highest BCUT2D eigenvalue weighted by molar-refractivity contribution is 14.1. The SMILES string of the molecule is CC(C)(C)OC(=O)N1CCn2c(c(I)c(C#N)c2-c2ccccc2)C1. The molecule has 130 valence electrons. The first-order valence-corrected chi connectivity index (χ1v) is 9.24. The first kappa shape index (κ1) is 17.8. The largest absolute Gasteiger partial charge is 0.444 e. The molecule has 0 N–H and O–H groups in total. The Labute approximate surface area is 161 Å². The van der Waals surface area contributed by atoms with E-state index in [4.69, 9.17) is 4.74 Å². The van der Waals surface area contributed by atoms with Crippen molar-refractivity contribution in [3.63, 3.8) is 0 Å². The number of ether oxygens (including phenoxy) is 1. The number of fused-ring (bicyclic) bond motifs is 1. The lowest BCUT2D eigenvalue weighted by molar-refractivity contribution is 0.0199. The van der Waals surface area contributed by atoms with E-state index in [9.17, 15) is 10.1 Å². The van der Waals surface area contributed by atoms with Gasteiger partial charge in [-0.15, -0.1) is 0 Å². The fourth-order valence-electron chi connectivity index (χ4n) is 3.00. The molecule has 5 nitrogen and oxygen atoms in total. The van der Waals surface area contributed by atoms with Gasteiger partial charge in [0.2, 0.25) is 0 Å². The van der Waals surface area contributed by atoms with Crippen LogP contribution in [0.25, 0.3) is 11.3 Å². The number of nitriles is 1. The summed E-state index contributed by atoms with van der Waals surface area (Å²) in [4.78, 5) is 14.1. The number of hydrogen-bond donors (Lipinski definition) is 0. The fraction of sp³-hybridized carbons (Fsp3) is 0.368.